The Morgan fingerprint density at radius 3 is 3.00 bits per heavy atom. The molecule has 0 saturated carbocycles. The van der Waals surface area contributed by atoms with Crippen molar-refractivity contribution in [1.82, 2.24) is 5.32 Å². The van der Waals surface area contributed by atoms with Crippen LogP contribution in [-0.4, -0.2) is 26.0 Å². The summed E-state index contributed by atoms with van der Waals surface area (Å²) in [6, 6.07) is 8.44. The summed E-state index contributed by atoms with van der Waals surface area (Å²) >= 11 is 1.74. The van der Waals surface area contributed by atoms with E-state index in [0.29, 0.717) is 5.75 Å². The Labute approximate surface area is 117 Å². The molecule has 5 heteroatoms. The van der Waals surface area contributed by atoms with Crippen LogP contribution in [0.3, 0.4) is 0 Å². The number of sulfone groups is 1. The maximum absolute atomic E-state index is 11.6. The highest BCUT2D eigenvalue weighted by atomic mass is 32.2. The summed E-state index contributed by atoms with van der Waals surface area (Å²) in [6.07, 6.45) is 1.74. The fourth-order valence-electron chi connectivity index (χ4n) is 2.61. The molecule has 0 bridgehead atoms. The molecule has 0 amide bonds. The average molecular weight is 295 g/mol. The molecule has 1 N–H and O–H groups in total. The lowest BCUT2D eigenvalue weighted by Gasteiger charge is -2.23. The molecule has 2 heterocycles. The second kappa shape index (κ2) is 5.23. The number of hydrogen-bond donors (Lipinski definition) is 1. The van der Waals surface area contributed by atoms with E-state index in [0.717, 1.165) is 19.4 Å². The summed E-state index contributed by atoms with van der Waals surface area (Å²) in [6.45, 7) is 0.754. The average Bonchev–Trinajstić information content (AvgIpc) is 2.78. The highest BCUT2D eigenvalue weighted by Crippen LogP contribution is 2.25. The summed E-state index contributed by atoms with van der Waals surface area (Å²) < 4.78 is 24.5. The highest BCUT2D eigenvalue weighted by Gasteiger charge is 2.24. The van der Waals surface area contributed by atoms with Crippen LogP contribution in [0.2, 0.25) is 0 Å². The van der Waals surface area contributed by atoms with E-state index in [2.05, 4.69) is 22.8 Å². The third kappa shape index (κ3) is 2.99. The van der Waals surface area contributed by atoms with Gasteiger partial charge in [0.1, 0.15) is 0 Å². The second-order valence-electron chi connectivity index (χ2n) is 5.09. The van der Waals surface area contributed by atoms with Gasteiger partial charge in [-0.15, -0.1) is 11.3 Å². The lowest BCUT2D eigenvalue weighted by molar-refractivity contribution is 0.481. The summed E-state index contributed by atoms with van der Waals surface area (Å²) in [5.41, 5.74) is 1.27. The van der Waals surface area contributed by atoms with E-state index in [-0.39, 0.29) is 11.8 Å². The van der Waals surface area contributed by atoms with Gasteiger partial charge in [-0.25, -0.2) is 8.42 Å². The molecule has 2 aromatic rings. The molecule has 1 fully saturated rings. The Morgan fingerprint density at radius 2 is 2.16 bits per heavy atom. The van der Waals surface area contributed by atoms with Gasteiger partial charge in [0.25, 0.3) is 0 Å². The molecule has 1 aliphatic rings. The van der Waals surface area contributed by atoms with Gasteiger partial charge in [-0.1, -0.05) is 18.2 Å². The molecule has 102 valence electrons. The molecule has 0 aliphatic carbocycles. The molecule has 1 unspecified atom stereocenters. The van der Waals surface area contributed by atoms with Crippen molar-refractivity contribution in [3.63, 3.8) is 0 Å². The van der Waals surface area contributed by atoms with Crippen molar-refractivity contribution in [3.05, 3.63) is 35.2 Å². The largest absolute Gasteiger partial charge is 0.309 e. The van der Waals surface area contributed by atoms with Crippen molar-refractivity contribution in [3.8, 4) is 0 Å². The molecule has 19 heavy (non-hydrogen) atoms. The molecule has 3 nitrogen and oxygen atoms in total. The highest BCUT2D eigenvalue weighted by molar-refractivity contribution is 7.91. The van der Waals surface area contributed by atoms with Crippen molar-refractivity contribution in [2.24, 2.45) is 0 Å². The van der Waals surface area contributed by atoms with Gasteiger partial charge in [0.2, 0.25) is 0 Å². The van der Waals surface area contributed by atoms with Gasteiger partial charge in [-0.3, -0.25) is 0 Å². The first-order chi connectivity index (χ1) is 9.14. The molecular formula is C14H17NO2S2. The van der Waals surface area contributed by atoms with Crippen LogP contribution >= 0.6 is 11.3 Å². The molecule has 1 aromatic carbocycles. The third-order valence-electron chi connectivity index (χ3n) is 3.61. The summed E-state index contributed by atoms with van der Waals surface area (Å²) in [5, 5.41) is 6.84. The van der Waals surface area contributed by atoms with Crippen molar-refractivity contribution in [1.29, 1.82) is 0 Å². The minimum atomic E-state index is -2.83. The monoisotopic (exact) mass is 295 g/mol. The molecule has 1 aromatic heterocycles. The van der Waals surface area contributed by atoms with E-state index in [1.54, 1.807) is 11.3 Å². The van der Waals surface area contributed by atoms with E-state index in [4.69, 9.17) is 0 Å². The number of nitrogens with one attached hydrogen (secondary N) is 1. The predicted octanol–water partition coefficient (Wildman–Crippen LogP) is 2.57. The molecule has 3 rings (SSSR count). The van der Waals surface area contributed by atoms with Gasteiger partial charge in [0.05, 0.1) is 11.5 Å². The van der Waals surface area contributed by atoms with Crippen LogP contribution in [0.25, 0.3) is 10.1 Å². The smallest absolute Gasteiger partial charge is 0.151 e. The Bertz CT molecular complexity index is 676. The van der Waals surface area contributed by atoms with Crippen LogP contribution < -0.4 is 5.32 Å². The number of rotatable bonds is 3. The number of benzene rings is 1. The second-order valence-corrected chi connectivity index (χ2v) is 8.23. The third-order valence-corrected chi connectivity index (χ3v) is 6.44. The van der Waals surface area contributed by atoms with E-state index in [1.165, 1.54) is 15.6 Å². The van der Waals surface area contributed by atoms with E-state index < -0.39 is 9.84 Å². The van der Waals surface area contributed by atoms with Crippen LogP contribution in [-0.2, 0) is 16.4 Å². The first kappa shape index (κ1) is 13.1. The molecular weight excluding hydrogens is 278 g/mol. The van der Waals surface area contributed by atoms with Gasteiger partial charge in [0.15, 0.2) is 9.84 Å². The van der Waals surface area contributed by atoms with Crippen LogP contribution in [0, 0.1) is 0 Å². The van der Waals surface area contributed by atoms with Gasteiger partial charge >= 0.3 is 0 Å². The van der Waals surface area contributed by atoms with Crippen molar-refractivity contribution < 1.29 is 8.42 Å². The van der Waals surface area contributed by atoms with E-state index >= 15 is 0 Å². The molecule has 1 saturated heterocycles. The predicted molar refractivity (Wildman–Crippen MR) is 80.3 cm³/mol. The quantitative estimate of drug-likeness (QED) is 0.946. The normalized spacial score (nSPS) is 22.6. The van der Waals surface area contributed by atoms with Gasteiger partial charge < -0.3 is 5.32 Å². The lowest BCUT2D eigenvalue weighted by atomic mass is 10.1. The van der Waals surface area contributed by atoms with Gasteiger partial charge in [-0.05, 0) is 35.2 Å². The minimum Gasteiger partial charge on any atom is -0.309 e. The first-order valence-electron chi connectivity index (χ1n) is 6.53. The fourth-order valence-corrected chi connectivity index (χ4v) is 5.24. The number of thiophene rings is 1. The Kier molecular flexibility index (Phi) is 3.60. The fraction of sp³-hybridized carbons (Fsp3) is 0.429. The Balaban J connectivity index is 1.69. The van der Waals surface area contributed by atoms with Gasteiger partial charge in [-0.2, -0.15) is 0 Å². The minimum absolute atomic E-state index is 0.109. The topological polar surface area (TPSA) is 46.2 Å². The van der Waals surface area contributed by atoms with Crippen LogP contribution in [0.1, 0.15) is 18.4 Å². The summed E-state index contributed by atoms with van der Waals surface area (Å²) in [5.74, 6) is 0.641. The van der Waals surface area contributed by atoms with Crippen molar-refractivity contribution in [2.45, 2.75) is 25.4 Å². The van der Waals surface area contributed by atoms with Gasteiger partial charge in [0, 0.05) is 17.3 Å². The SMILES string of the molecule is O=S1(=O)CCCC(NCc2csc3ccccc23)C1. The van der Waals surface area contributed by atoms with Crippen molar-refractivity contribution in [2.75, 3.05) is 11.5 Å². The zero-order chi connectivity index (χ0) is 13.3. The zero-order valence-electron chi connectivity index (χ0n) is 10.6. The molecule has 1 aliphatic heterocycles. The van der Waals surface area contributed by atoms with Crippen molar-refractivity contribution >= 4 is 31.3 Å². The van der Waals surface area contributed by atoms with Crippen LogP contribution in [0.15, 0.2) is 29.6 Å². The zero-order valence-corrected chi connectivity index (χ0v) is 12.3. The molecule has 0 spiro atoms. The standard InChI is InChI=1S/C14H17NO2S2/c16-19(17)7-3-4-12(10-19)15-8-11-9-18-14-6-2-1-5-13(11)14/h1-2,5-6,9,12,15H,3-4,7-8,10H2. The maximum Gasteiger partial charge on any atom is 0.151 e. The number of fused-ring (bicyclic) bond motifs is 1. The molecule has 1 atom stereocenters. The first-order valence-corrected chi connectivity index (χ1v) is 9.23. The van der Waals surface area contributed by atoms with E-state index in [9.17, 15) is 8.42 Å². The Hall–Kier alpha value is -0.910. The Morgan fingerprint density at radius 1 is 1.32 bits per heavy atom. The maximum atomic E-state index is 11.6. The van der Waals surface area contributed by atoms with Crippen LogP contribution in [0.5, 0.6) is 0 Å². The molecule has 0 radical (unpaired) electrons. The van der Waals surface area contributed by atoms with Crippen LogP contribution in [0.4, 0.5) is 0 Å². The summed E-state index contributed by atoms with van der Waals surface area (Å²) in [4.78, 5) is 0. The van der Waals surface area contributed by atoms with E-state index in [1.807, 2.05) is 12.1 Å². The lowest BCUT2D eigenvalue weighted by Crippen LogP contribution is -2.39. The number of hydrogen-bond acceptors (Lipinski definition) is 4. The summed E-state index contributed by atoms with van der Waals surface area (Å²) in [7, 11) is -2.83.